The van der Waals surface area contributed by atoms with Crippen LogP contribution in [-0.4, -0.2) is 32.7 Å². The Morgan fingerprint density at radius 2 is 2.23 bits per heavy atom. The molecule has 0 amide bonds. The lowest BCUT2D eigenvalue weighted by Gasteiger charge is -2.17. The monoisotopic (exact) mass is 303 g/mol. The van der Waals surface area contributed by atoms with Crippen LogP contribution >= 0.6 is 0 Å². The summed E-state index contributed by atoms with van der Waals surface area (Å²) in [6.07, 6.45) is 10.4. The first kappa shape index (κ1) is 15.2. The van der Waals surface area contributed by atoms with Gasteiger partial charge in [0.05, 0.1) is 18.5 Å². The third-order valence-electron chi connectivity index (χ3n) is 4.14. The molecule has 2 aromatic rings. The molecule has 2 atom stereocenters. The predicted molar refractivity (Wildman–Crippen MR) is 84.2 cm³/mol. The second kappa shape index (κ2) is 7.07. The molecule has 0 spiro atoms. The van der Waals surface area contributed by atoms with Crippen LogP contribution in [0, 0.1) is 5.92 Å². The summed E-state index contributed by atoms with van der Waals surface area (Å²) >= 11 is 0. The molecule has 6 heteroatoms. The largest absolute Gasteiger partial charge is 0.373 e. The summed E-state index contributed by atoms with van der Waals surface area (Å²) in [5, 5.41) is 12.2. The van der Waals surface area contributed by atoms with Crippen molar-refractivity contribution in [3.8, 4) is 0 Å². The van der Waals surface area contributed by atoms with E-state index in [1.807, 2.05) is 28.8 Å². The number of aromatic nitrogens is 4. The molecule has 2 aromatic heterocycles. The Morgan fingerprint density at radius 3 is 3.00 bits per heavy atom. The molecule has 3 heterocycles. The average molecular weight is 303 g/mol. The van der Waals surface area contributed by atoms with Crippen molar-refractivity contribution in [3.63, 3.8) is 0 Å². The molecule has 1 saturated heterocycles. The van der Waals surface area contributed by atoms with Gasteiger partial charge >= 0.3 is 0 Å². The van der Waals surface area contributed by atoms with Crippen LogP contribution in [0.25, 0.3) is 0 Å². The van der Waals surface area contributed by atoms with Crippen molar-refractivity contribution >= 4 is 0 Å². The summed E-state index contributed by atoms with van der Waals surface area (Å²) in [6, 6.07) is 0. The maximum Gasteiger partial charge on any atom is 0.0896 e. The number of ether oxygens (including phenoxy) is 1. The highest BCUT2D eigenvalue weighted by Crippen LogP contribution is 2.33. The minimum atomic E-state index is 0.170. The van der Waals surface area contributed by atoms with E-state index in [0.29, 0.717) is 5.92 Å². The first-order chi connectivity index (χ1) is 10.8. The molecule has 0 radical (unpaired) electrons. The van der Waals surface area contributed by atoms with Gasteiger partial charge in [-0.25, -0.2) is 0 Å². The quantitative estimate of drug-likeness (QED) is 0.849. The second-order valence-electron chi connectivity index (χ2n) is 6.03. The van der Waals surface area contributed by atoms with Gasteiger partial charge in [0, 0.05) is 62.7 Å². The van der Waals surface area contributed by atoms with E-state index in [4.69, 9.17) is 4.74 Å². The van der Waals surface area contributed by atoms with Crippen molar-refractivity contribution in [2.75, 3.05) is 13.2 Å². The zero-order chi connectivity index (χ0) is 15.4. The molecule has 0 aromatic carbocycles. The van der Waals surface area contributed by atoms with Gasteiger partial charge in [-0.1, -0.05) is 6.92 Å². The van der Waals surface area contributed by atoms with Gasteiger partial charge in [-0.3, -0.25) is 9.36 Å². The highest BCUT2D eigenvalue weighted by atomic mass is 16.5. The lowest BCUT2D eigenvalue weighted by molar-refractivity contribution is 0.0904. The SMILES string of the molecule is CCCn1cc(CNC[C@H]2CCO[C@H]2c2cnn(C)c2)cn1. The van der Waals surface area contributed by atoms with Crippen LogP contribution in [0.3, 0.4) is 0 Å². The standard InChI is InChI=1S/C16H25N5O/c1-3-5-21-11-13(8-19-21)7-17-9-14-4-6-22-16(14)15-10-18-20(2)12-15/h8,10-12,14,16-17H,3-7,9H2,1-2H3/t14-,16-/m1/s1. The average Bonchev–Trinajstić information content (AvgIpc) is 3.21. The number of hydrogen-bond acceptors (Lipinski definition) is 4. The fourth-order valence-corrected chi connectivity index (χ4v) is 3.05. The summed E-state index contributed by atoms with van der Waals surface area (Å²) in [7, 11) is 1.94. The summed E-state index contributed by atoms with van der Waals surface area (Å²) in [6.45, 7) is 5.80. The third kappa shape index (κ3) is 3.56. The van der Waals surface area contributed by atoms with Gasteiger partial charge in [-0.15, -0.1) is 0 Å². The van der Waals surface area contributed by atoms with E-state index in [9.17, 15) is 0 Å². The second-order valence-corrected chi connectivity index (χ2v) is 6.03. The molecule has 6 nitrogen and oxygen atoms in total. The third-order valence-corrected chi connectivity index (χ3v) is 4.14. The number of aryl methyl sites for hydroxylation is 2. The Labute approximate surface area is 131 Å². The van der Waals surface area contributed by atoms with Gasteiger partial charge < -0.3 is 10.1 Å². The van der Waals surface area contributed by atoms with Crippen molar-refractivity contribution in [2.24, 2.45) is 13.0 Å². The van der Waals surface area contributed by atoms with Gasteiger partial charge in [0.25, 0.3) is 0 Å². The molecule has 0 aliphatic carbocycles. The number of hydrogen-bond donors (Lipinski definition) is 1. The van der Waals surface area contributed by atoms with Gasteiger partial charge in [0.1, 0.15) is 0 Å². The molecule has 1 N–H and O–H groups in total. The van der Waals surface area contributed by atoms with E-state index in [-0.39, 0.29) is 6.10 Å². The predicted octanol–water partition coefficient (Wildman–Crippen LogP) is 1.89. The molecule has 1 aliphatic heterocycles. The van der Waals surface area contributed by atoms with Crippen molar-refractivity contribution < 1.29 is 4.74 Å². The van der Waals surface area contributed by atoms with Gasteiger partial charge in [0.15, 0.2) is 0 Å². The number of nitrogens with one attached hydrogen (secondary N) is 1. The smallest absolute Gasteiger partial charge is 0.0896 e. The molecule has 1 fully saturated rings. The van der Waals surface area contributed by atoms with E-state index in [1.165, 1.54) is 11.1 Å². The number of nitrogens with zero attached hydrogens (tertiary/aromatic N) is 4. The first-order valence-corrected chi connectivity index (χ1v) is 8.08. The van der Waals surface area contributed by atoms with Gasteiger partial charge in [-0.05, 0) is 12.8 Å². The Morgan fingerprint density at radius 1 is 1.32 bits per heavy atom. The molecule has 120 valence electrons. The van der Waals surface area contributed by atoms with Crippen LogP contribution in [0.15, 0.2) is 24.8 Å². The molecular formula is C16H25N5O. The van der Waals surface area contributed by atoms with Crippen LogP contribution in [0.2, 0.25) is 0 Å². The lowest BCUT2D eigenvalue weighted by atomic mass is 9.97. The van der Waals surface area contributed by atoms with Crippen LogP contribution in [0.1, 0.15) is 37.0 Å². The van der Waals surface area contributed by atoms with Crippen LogP contribution in [0.5, 0.6) is 0 Å². The van der Waals surface area contributed by atoms with E-state index in [0.717, 1.165) is 39.1 Å². The minimum Gasteiger partial charge on any atom is -0.373 e. The Hall–Kier alpha value is -1.66. The van der Waals surface area contributed by atoms with Crippen molar-refractivity contribution in [2.45, 2.75) is 39.0 Å². The maximum atomic E-state index is 5.89. The highest BCUT2D eigenvalue weighted by molar-refractivity contribution is 5.11. The van der Waals surface area contributed by atoms with E-state index >= 15 is 0 Å². The Kier molecular flexibility index (Phi) is 4.90. The van der Waals surface area contributed by atoms with Crippen molar-refractivity contribution in [1.29, 1.82) is 0 Å². The molecule has 22 heavy (non-hydrogen) atoms. The highest BCUT2D eigenvalue weighted by Gasteiger charge is 2.30. The molecule has 0 bridgehead atoms. The van der Waals surface area contributed by atoms with E-state index in [1.54, 1.807) is 0 Å². The topological polar surface area (TPSA) is 56.9 Å². The van der Waals surface area contributed by atoms with Crippen LogP contribution in [-0.2, 0) is 24.9 Å². The van der Waals surface area contributed by atoms with Crippen molar-refractivity contribution in [1.82, 2.24) is 24.9 Å². The fourth-order valence-electron chi connectivity index (χ4n) is 3.05. The van der Waals surface area contributed by atoms with Gasteiger partial charge in [0.2, 0.25) is 0 Å². The van der Waals surface area contributed by atoms with E-state index < -0.39 is 0 Å². The van der Waals surface area contributed by atoms with Crippen molar-refractivity contribution in [3.05, 3.63) is 35.9 Å². The Bertz CT molecular complexity index is 591. The first-order valence-electron chi connectivity index (χ1n) is 8.08. The summed E-state index contributed by atoms with van der Waals surface area (Å²) in [5.74, 6) is 0.509. The van der Waals surface area contributed by atoms with Crippen LogP contribution in [0.4, 0.5) is 0 Å². The molecule has 0 unspecified atom stereocenters. The molecule has 0 saturated carbocycles. The van der Waals surface area contributed by atoms with Gasteiger partial charge in [-0.2, -0.15) is 10.2 Å². The summed E-state index contributed by atoms with van der Waals surface area (Å²) in [4.78, 5) is 0. The van der Waals surface area contributed by atoms with Crippen LogP contribution < -0.4 is 5.32 Å². The zero-order valence-corrected chi connectivity index (χ0v) is 13.4. The normalized spacial score (nSPS) is 21.5. The minimum absolute atomic E-state index is 0.170. The molecule has 1 aliphatic rings. The summed E-state index contributed by atoms with van der Waals surface area (Å²) in [5.41, 5.74) is 2.42. The fraction of sp³-hybridized carbons (Fsp3) is 0.625. The molecule has 3 rings (SSSR count). The molecular weight excluding hydrogens is 278 g/mol. The van der Waals surface area contributed by atoms with E-state index in [2.05, 4.69) is 34.8 Å². The number of rotatable bonds is 7. The maximum absolute atomic E-state index is 5.89. The lowest BCUT2D eigenvalue weighted by Crippen LogP contribution is -2.24. The Balaban J connectivity index is 1.50. The summed E-state index contributed by atoms with van der Waals surface area (Å²) < 4.78 is 9.74. The zero-order valence-electron chi connectivity index (χ0n) is 13.4.